The van der Waals surface area contributed by atoms with Crippen LogP contribution in [0.4, 0.5) is 0 Å². The monoisotopic (exact) mass is 325 g/mol. The molecule has 1 aromatic heterocycles. The largest absolute Gasteiger partial charge is 0.496 e. The summed E-state index contributed by atoms with van der Waals surface area (Å²) in [6.45, 7) is 2.36. The fourth-order valence-corrected chi connectivity index (χ4v) is 4.12. The summed E-state index contributed by atoms with van der Waals surface area (Å²) < 4.78 is 31.8. The maximum atomic E-state index is 12.6. The predicted molar refractivity (Wildman–Crippen MR) is 85.3 cm³/mol. The van der Waals surface area contributed by atoms with Crippen molar-refractivity contribution in [3.8, 4) is 5.75 Å². The van der Waals surface area contributed by atoms with Gasteiger partial charge in [0.05, 0.1) is 12.0 Å². The molecule has 1 aromatic carbocycles. The van der Waals surface area contributed by atoms with Gasteiger partial charge in [-0.1, -0.05) is 13.0 Å². The van der Waals surface area contributed by atoms with Gasteiger partial charge in [0.1, 0.15) is 5.75 Å². The summed E-state index contributed by atoms with van der Waals surface area (Å²) in [5.41, 5.74) is 0.892. The Morgan fingerprint density at radius 2 is 2.05 bits per heavy atom. The Labute approximate surface area is 130 Å². The van der Waals surface area contributed by atoms with Crippen molar-refractivity contribution in [1.29, 1.82) is 0 Å². The van der Waals surface area contributed by atoms with E-state index in [9.17, 15) is 8.42 Å². The first kappa shape index (κ1) is 16.0. The molecule has 0 aliphatic carbocycles. The molecule has 2 aromatic rings. The molecule has 0 N–H and O–H groups in total. The molecule has 0 saturated heterocycles. The number of benzene rings is 1. The van der Waals surface area contributed by atoms with E-state index in [4.69, 9.17) is 4.74 Å². The smallest absolute Gasteiger partial charge is 0.243 e. The van der Waals surface area contributed by atoms with Crippen LogP contribution in [-0.4, -0.2) is 26.9 Å². The van der Waals surface area contributed by atoms with Crippen LogP contribution in [0.15, 0.2) is 40.6 Å². The first-order valence-corrected chi connectivity index (χ1v) is 8.96. The maximum absolute atomic E-state index is 12.6. The average Bonchev–Trinajstić information content (AvgIpc) is 2.99. The summed E-state index contributed by atoms with van der Waals surface area (Å²) in [4.78, 5) is 1.32. The number of ether oxygens (including phenoxy) is 1. The third kappa shape index (κ3) is 3.45. The Kier molecular flexibility index (Phi) is 5.03. The molecule has 21 heavy (non-hydrogen) atoms. The zero-order chi connectivity index (χ0) is 15.5. The van der Waals surface area contributed by atoms with E-state index in [-0.39, 0.29) is 0 Å². The molecule has 0 aliphatic heterocycles. The normalized spacial score (nSPS) is 11.8. The van der Waals surface area contributed by atoms with Crippen molar-refractivity contribution >= 4 is 21.4 Å². The van der Waals surface area contributed by atoms with E-state index in [1.54, 1.807) is 43.7 Å². The average molecular weight is 325 g/mol. The van der Waals surface area contributed by atoms with Crippen LogP contribution in [0, 0.1) is 0 Å². The highest BCUT2D eigenvalue weighted by Crippen LogP contribution is 2.25. The number of rotatable bonds is 6. The molecule has 0 saturated carbocycles. The van der Waals surface area contributed by atoms with Crippen LogP contribution >= 0.6 is 11.3 Å². The summed E-state index contributed by atoms with van der Waals surface area (Å²) in [7, 11) is -0.297. The highest BCUT2D eigenvalue weighted by atomic mass is 32.2. The minimum Gasteiger partial charge on any atom is -0.496 e. The van der Waals surface area contributed by atoms with E-state index < -0.39 is 10.0 Å². The Bertz CT molecular complexity index is 694. The molecule has 0 amide bonds. The van der Waals surface area contributed by atoms with Gasteiger partial charge in [-0.3, -0.25) is 0 Å². The van der Waals surface area contributed by atoms with Crippen LogP contribution in [-0.2, 0) is 23.0 Å². The number of sulfonamides is 1. The Balaban J connectivity index is 2.30. The van der Waals surface area contributed by atoms with Gasteiger partial charge in [0, 0.05) is 18.5 Å². The molecule has 0 fully saturated rings. The molecule has 0 spiro atoms. The third-order valence-corrected chi connectivity index (χ3v) is 5.96. The van der Waals surface area contributed by atoms with Crippen molar-refractivity contribution in [3.05, 3.63) is 46.2 Å². The second kappa shape index (κ2) is 6.60. The molecular weight excluding hydrogens is 306 g/mol. The number of thiophene rings is 1. The number of aryl methyl sites for hydroxylation is 1. The molecule has 2 rings (SSSR count). The van der Waals surface area contributed by atoms with Gasteiger partial charge in [-0.15, -0.1) is 11.3 Å². The van der Waals surface area contributed by atoms with Crippen LogP contribution in [0.25, 0.3) is 0 Å². The predicted octanol–water partition coefficient (Wildman–Crippen LogP) is 3.14. The molecule has 1 heterocycles. The fraction of sp³-hybridized carbons (Fsp3) is 0.333. The van der Waals surface area contributed by atoms with Crippen molar-refractivity contribution in [2.24, 2.45) is 0 Å². The van der Waals surface area contributed by atoms with Crippen molar-refractivity contribution in [2.45, 2.75) is 24.8 Å². The lowest BCUT2D eigenvalue weighted by Crippen LogP contribution is -2.26. The van der Waals surface area contributed by atoms with Crippen LogP contribution in [0.1, 0.15) is 17.4 Å². The lowest BCUT2D eigenvalue weighted by atomic mass is 10.1. The van der Waals surface area contributed by atoms with E-state index in [2.05, 4.69) is 0 Å². The Morgan fingerprint density at radius 3 is 2.62 bits per heavy atom. The zero-order valence-corrected chi connectivity index (χ0v) is 14.0. The maximum Gasteiger partial charge on any atom is 0.243 e. The van der Waals surface area contributed by atoms with Gasteiger partial charge >= 0.3 is 0 Å². The van der Waals surface area contributed by atoms with Crippen molar-refractivity contribution in [2.75, 3.05) is 14.2 Å². The van der Waals surface area contributed by atoms with E-state index in [1.165, 1.54) is 4.31 Å². The van der Waals surface area contributed by atoms with Gasteiger partial charge in [0.15, 0.2) is 0 Å². The van der Waals surface area contributed by atoms with Crippen LogP contribution < -0.4 is 4.74 Å². The molecule has 0 atom stereocenters. The standard InChI is InChI=1S/C15H19NO3S2/c1-4-12-10-14(7-8-15(12)19-3)21(17,18)16(2)11-13-6-5-9-20-13/h5-10H,4,11H2,1-3H3. The highest BCUT2D eigenvalue weighted by molar-refractivity contribution is 7.89. The molecule has 0 radical (unpaired) electrons. The third-order valence-electron chi connectivity index (χ3n) is 3.30. The van der Waals surface area contributed by atoms with E-state index in [0.717, 1.165) is 22.6 Å². The van der Waals surface area contributed by atoms with E-state index in [0.29, 0.717) is 11.4 Å². The number of methoxy groups -OCH3 is 1. The minimum atomic E-state index is -3.49. The molecule has 0 bridgehead atoms. The SMILES string of the molecule is CCc1cc(S(=O)(=O)N(C)Cc2cccs2)ccc1OC. The molecule has 114 valence electrons. The van der Waals surface area contributed by atoms with Gasteiger partial charge in [0.2, 0.25) is 10.0 Å². The van der Waals surface area contributed by atoms with Gasteiger partial charge in [0.25, 0.3) is 0 Å². The summed E-state index contributed by atoms with van der Waals surface area (Å²) in [6.07, 6.45) is 0.723. The van der Waals surface area contributed by atoms with Crippen molar-refractivity contribution in [3.63, 3.8) is 0 Å². The molecule has 0 unspecified atom stereocenters. The lowest BCUT2D eigenvalue weighted by molar-refractivity contribution is 0.409. The highest BCUT2D eigenvalue weighted by Gasteiger charge is 2.22. The first-order valence-electron chi connectivity index (χ1n) is 6.64. The van der Waals surface area contributed by atoms with Crippen LogP contribution in [0.5, 0.6) is 5.75 Å². The summed E-state index contributed by atoms with van der Waals surface area (Å²) in [6, 6.07) is 8.85. The molecule has 0 aliphatic rings. The summed E-state index contributed by atoms with van der Waals surface area (Å²) >= 11 is 1.55. The fourth-order valence-electron chi connectivity index (χ4n) is 2.08. The van der Waals surface area contributed by atoms with Crippen molar-refractivity contribution < 1.29 is 13.2 Å². The van der Waals surface area contributed by atoms with Gasteiger partial charge in [-0.2, -0.15) is 4.31 Å². The minimum absolute atomic E-state index is 0.305. The van der Waals surface area contributed by atoms with Gasteiger partial charge < -0.3 is 4.74 Å². The molecule has 4 nitrogen and oxygen atoms in total. The summed E-state index contributed by atoms with van der Waals surface area (Å²) in [5, 5.41) is 1.94. The van der Waals surface area contributed by atoms with E-state index >= 15 is 0 Å². The van der Waals surface area contributed by atoms with Crippen LogP contribution in [0.3, 0.4) is 0 Å². The van der Waals surface area contributed by atoms with Crippen molar-refractivity contribution in [1.82, 2.24) is 4.31 Å². The second-order valence-electron chi connectivity index (χ2n) is 4.67. The van der Waals surface area contributed by atoms with E-state index in [1.807, 2.05) is 24.4 Å². The Morgan fingerprint density at radius 1 is 1.29 bits per heavy atom. The lowest BCUT2D eigenvalue weighted by Gasteiger charge is -2.17. The molecular formula is C15H19NO3S2. The number of hydrogen-bond acceptors (Lipinski definition) is 4. The summed E-state index contributed by atoms with van der Waals surface area (Å²) in [5.74, 6) is 0.720. The topological polar surface area (TPSA) is 46.6 Å². The van der Waals surface area contributed by atoms with Gasteiger partial charge in [-0.25, -0.2) is 8.42 Å². The molecule has 6 heteroatoms. The zero-order valence-electron chi connectivity index (χ0n) is 12.4. The second-order valence-corrected chi connectivity index (χ2v) is 7.74. The quantitative estimate of drug-likeness (QED) is 0.820. The number of hydrogen-bond donors (Lipinski definition) is 0. The van der Waals surface area contributed by atoms with Gasteiger partial charge in [-0.05, 0) is 41.6 Å². The Hall–Kier alpha value is -1.37. The van der Waals surface area contributed by atoms with Crippen LogP contribution in [0.2, 0.25) is 0 Å². The first-order chi connectivity index (χ1) is 9.98. The number of nitrogens with zero attached hydrogens (tertiary/aromatic N) is 1.